The van der Waals surface area contributed by atoms with Gasteiger partial charge < -0.3 is 10.2 Å². The average Bonchev–Trinajstić information content (AvgIpc) is 3.11. The lowest BCUT2D eigenvalue weighted by atomic mass is 10.2. The number of hydrogen-bond acceptors (Lipinski definition) is 7. The third-order valence-electron chi connectivity index (χ3n) is 4.39. The number of amides is 1. The second kappa shape index (κ2) is 8.35. The van der Waals surface area contributed by atoms with E-state index >= 15 is 0 Å². The molecule has 1 saturated heterocycles. The minimum Gasteiger partial charge on any atom is -0.370 e. The van der Waals surface area contributed by atoms with Crippen LogP contribution in [0.5, 0.6) is 0 Å². The predicted octanol–water partition coefficient (Wildman–Crippen LogP) is 2.19. The smallest absolute Gasteiger partial charge is 0.255 e. The molecule has 3 rings (SSSR count). The number of pyridine rings is 1. The monoisotopic (exact) mass is 408 g/mol. The van der Waals surface area contributed by atoms with Crippen molar-refractivity contribution in [3.63, 3.8) is 0 Å². The highest BCUT2D eigenvalue weighted by Gasteiger charge is 2.25. The lowest BCUT2D eigenvalue weighted by Crippen LogP contribution is -2.43. The first-order chi connectivity index (χ1) is 12.8. The number of carbonyl (C=O) groups excluding carboxylic acids is 1. The Hall–Kier alpha value is -2.00. The molecule has 0 saturated carbocycles. The van der Waals surface area contributed by atoms with Crippen molar-refractivity contribution < 1.29 is 13.2 Å². The van der Waals surface area contributed by atoms with Crippen molar-refractivity contribution in [2.75, 3.05) is 36.5 Å². The molecular formula is C18H24N4O3S2. The Labute approximate surface area is 163 Å². The molecule has 0 unspecified atom stereocenters. The van der Waals surface area contributed by atoms with E-state index in [0.717, 1.165) is 17.1 Å². The zero-order valence-corrected chi connectivity index (χ0v) is 17.1. The number of nitrogens with zero attached hydrogens (tertiary/aromatic N) is 3. The first kappa shape index (κ1) is 19.8. The maximum absolute atomic E-state index is 12.4. The highest BCUT2D eigenvalue weighted by molar-refractivity contribution is 7.91. The van der Waals surface area contributed by atoms with E-state index in [4.69, 9.17) is 0 Å². The molecule has 1 aliphatic rings. The molecule has 1 aliphatic heterocycles. The highest BCUT2D eigenvalue weighted by Crippen LogP contribution is 2.19. The summed E-state index contributed by atoms with van der Waals surface area (Å²) >= 11 is 1.69. The molecule has 0 atom stereocenters. The van der Waals surface area contributed by atoms with Gasteiger partial charge in [-0.25, -0.2) is 18.4 Å². The van der Waals surface area contributed by atoms with Gasteiger partial charge in [-0.15, -0.1) is 11.3 Å². The van der Waals surface area contributed by atoms with Crippen LogP contribution in [0.15, 0.2) is 23.7 Å². The maximum Gasteiger partial charge on any atom is 0.255 e. The van der Waals surface area contributed by atoms with Gasteiger partial charge >= 0.3 is 0 Å². The predicted molar refractivity (Wildman–Crippen MR) is 107 cm³/mol. The molecule has 1 fully saturated rings. The van der Waals surface area contributed by atoms with Gasteiger partial charge in [0.05, 0.1) is 27.8 Å². The van der Waals surface area contributed by atoms with Gasteiger partial charge in [0.2, 0.25) is 0 Å². The first-order valence-electron chi connectivity index (χ1n) is 8.98. The fourth-order valence-corrected chi connectivity index (χ4v) is 4.82. The summed E-state index contributed by atoms with van der Waals surface area (Å²) < 4.78 is 22.9. The Morgan fingerprint density at radius 1 is 1.30 bits per heavy atom. The van der Waals surface area contributed by atoms with Crippen molar-refractivity contribution in [1.29, 1.82) is 0 Å². The van der Waals surface area contributed by atoms with Crippen molar-refractivity contribution in [2.24, 2.45) is 0 Å². The lowest BCUT2D eigenvalue weighted by molar-refractivity contribution is 0.0770. The summed E-state index contributed by atoms with van der Waals surface area (Å²) in [7, 11) is -3.00. The fraction of sp³-hybridized carbons (Fsp3) is 0.500. The standard InChI is InChI=1S/C18H24N4O3S2/c1-13(2)17-21-15(12-26-17)5-6-19-16-4-3-14(11-20-16)18(23)22-7-9-27(24,25)10-8-22/h3-4,11-13H,5-10H2,1-2H3,(H,19,20). The molecule has 0 bridgehead atoms. The largest absolute Gasteiger partial charge is 0.370 e. The molecule has 2 aromatic heterocycles. The molecule has 27 heavy (non-hydrogen) atoms. The fourth-order valence-electron chi connectivity index (χ4n) is 2.74. The molecule has 2 aromatic rings. The number of carbonyl (C=O) groups is 1. The van der Waals surface area contributed by atoms with E-state index in [9.17, 15) is 13.2 Å². The molecule has 1 amide bonds. The average molecular weight is 409 g/mol. The van der Waals surface area contributed by atoms with Crippen molar-refractivity contribution in [3.05, 3.63) is 40.0 Å². The summed E-state index contributed by atoms with van der Waals surface area (Å²) in [5.41, 5.74) is 1.55. The summed E-state index contributed by atoms with van der Waals surface area (Å²) in [6.07, 6.45) is 2.35. The Morgan fingerprint density at radius 2 is 2.04 bits per heavy atom. The number of hydrogen-bond donors (Lipinski definition) is 1. The third kappa shape index (κ3) is 5.26. The van der Waals surface area contributed by atoms with Crippen LogP contribution in [-0.2, 0) is 16.3 Å². The Balaban J connectivity index is 1.50. The minimum atomic E-state index is -3.00. The van der Waals surface area contributed by atoms with Gasteiger partial charge in [0.15, 0.2) is 9.84 Å². The van der Waals surface area contributed by atoms with E-state index < -0.39 is 9.84 Å². The summed E-state index contributed by atoms with van der Waals surface area (Å²) in [4.78, 5) is 22.9. The van der Waals surface area contributed by atoms with Crippen molar-refractivity contribution >= 4 is 32.9 Å². The Morgan fingerprint density at radius 3 is 2.63 bits per heavy atom. The van der Waals surface area contributed by atoms with Crippen LogP contribution in [0.3, 0.4) is 0 Å². The summed E-state index contributed by atoms with van der Waals surface area (Å²) in [5, 5.41) is 6.48. The number of anilines is 1. The quantitative estimate of drug-likeness (QED) is 0.788. The van der Waals surface area contributed by atoms with Crippen LogP contribution in [0.2, 0.25) is 0 Å². The molecular weight excluding hydrogens is 384 g/mol. The van der Waals surface area contributed by atoms with Crippen LogP contribution in [0, 0.1) is 0 Å². The van der Waals surface area contributed by atoms with E-state index in [1.807, 2.05) is 0 Å². The van der Waals surface area contributed by atoms with Crippen molar-refractivity contribution in [1.82, 2.24) is 14.9 Å². The van der Waals surface area contributed by atoms with Crippen LogP contribution in [0.1, 0.15) is 40.8 Å². The van der Waals surface area contributed by atoms with E-state index in [1.165, 1.54) is 6.20 Å². The van der Waals surface area contributed by atoms with Gasteiger partial charge in [-0.3, -0.25) is 4.79 Å². The van der Waals surface area contributed by atoms with E-state index in [2.05, 4.69) is 34.5 Å². The van der Waals surface area contributed by atoms with Crippen molar-refractivity contribution in [3.8, 4) is 0 Å². The van der Waals surface area contributed by atoms with Crippen molar-refractivity contribution in [2.45, 2.75) is 26.2 Å². The van der Waals surface area contributed by atoms with Gasteiger partial charge in [-0.1, -0.05) is 13.8 Å². The number of sulfone groups is 1. The molecule has 0 radical (unpaired) electrons. The molecule has 1 N–H and O–H groups in total. The Kier molecular flexibility index (Phi) is 6.11. The molecule has 3 heterocycles. The topological polar surface area (TPSA) is 92.3 Å². The van der Waals surface area contributed by atoms with Gasteiger partial charge in [0.1, 0.15) is 5.82 Å². The molecule has 0 aromatic carbocycles. The van der Waals surface area contributed by atoms with Gasteiger partial charge in [-0.2, -0.15) is 0 Å². The van der Waals surface area contributed by atoms with Crippen LogP contribution in [0.25, 0.3) is 0 Å². The van der Waals surface area contributed by atoms with Crippen LogP contribution in [0.4, 0.5) is 5.82 Å². The lowest BCUT2D eigenvalue weighted by Gasteiger charge is -2.26. The van der Waals surface area contributed by atoms with E-state index in [-0.39, 0.29) is 30.5 Å². The second-order valence-corrected chi connectivity index (χ2v) is 10.1. The molecule has 0 aliphatic carbocycles. The second-order valence-electron chi connectivity index (χ2n) is 6.88. The zero-order valence-electron chi connectivity index (χ0n) is 15.5. The number of thiazole rings is 1. The first-order valence-corrected chi connectivity index (χ1v) is 11.7. The summed E-state index contributed by atoms with van der Waals surface area (Å²) in [6, 6.07) is 3.50. The van der Waals surface area contributed by atoms with E-state index in [1.54, 1.807) is 28.4 Å². The zero-order chi connectivity index (χ0) is 19.4. The molecule has 9 heteroatoms. The molecule has 0 spiro atoms. The number of nitrogens with one attached hydrogen (secondary N) is 1. The number of aromatic nitrogens is 2. The SMILES string of the molecule is CC(C)c1nc(CCNc2ccc(C(=O)N3CCS(=O)(=O)CC3)cn2)cs1. The third-order valence-corrected chi connectivity index (χ3v) is 7.20. The number of rotatable bonds is 6. The summed E-state index contributed by atoms with van der Waals surface area (Å²) in [5.74, 6) is 1.03. The molecule has 146 valence electrons. The van der Waals surface area contributed by atoms with E-state index in [0.29, 0.717) is 23.8 Å². The van der Waals surface area contributed by atoms with Crippen LogP contribution >= 0.6 is 11.3 Å². The maximum atomic E-state index is 12.4. The minimum absolute atomic E-state index is 0.0287. The normalized spacial score (nSPS) is 16.5. The van der Waals surface area contributed by atoms with Crippen LogP contribution in [-0.4, -0.2) is 60.3 Å². The van der Waals surface area contributed by atoms with Crippen LogP contribution < -0.4 is 5.32 Å². The van der Waals surface area contributed by atoms with Gasteiger partial charge in [0, 0.05) is 43.5 Å². The van der Waals surface area contributed by atoms with Gasteiger partial charge in [-0.05, 0) is 12.1 Å². The molecule has 7 nitrogen and oxygen atoms in total. The summed E-state index contributed by atoms with van der Waals surface area (Å²) in [6.45, 7) is 5.47. The Bertz CT molecular complexity index is 878. The highest BCUT2D eigenvalue weighted by atomic mass is 32.2. The van der Waals surface area contributed by atoms with Gasteiger partial charge in [0.25, 0.3) is 5.91 Å².